The number of rotatable bonds is 7. The van der Waals surface area contributed by atoms with E-state index in [4.69, 9.17) is 4.42 Å². The van der Waals surface area contributed by atoms with E-state index in [0.717, 1.165) is 0 Å². The maximum absolute atomic E-state index is 12.4. The Hall–Kier alpha value is -3.09. The minimum atomic E-state index is -0.379. The third kappa shape index (κ3) is 4.72. The van der Waals surface area contributed by atoms with Gasteiger partial charge in [0.05, 0.1) is 12.8 Å². The molecular weight excluding hydrogens is 334 g/mol. The summed E-state index contributed by atoms with van der Waals surface area (Å²) < 4.78 is 5.04. The standard InChI is InChI=1S/C19H23N3O4/c1-4-22(5-2)18(24)14-8-6-9-15(12-14)20-17(23)13-21(3)19(25)16-10-7-11-26-16/h6-12H,4-5,13H2,1-3H3,(H,20,23). The van der Waals surface area contributed by atoms with E-state index in [9.17, 15) is 14.4 Å². The van der Waals surface area contributed by atoms with Crippen molar-refractivity contribution < 1.29 is 18.8 Å². The Bertz CT molecular complexity index is 767. The molecule has 3 amide bonds. The molecule has 138 valence electrons. The fourth-order valence-corrected chi connectivity index (χ4v) is 2.50. The van der Waals surface area contributed by atoms with Gasteiger partial charge in [0.25, 0.3) is 11.8 Å². The molecular formula is C19H23N3O4. The molecule has 1 N–H and O–H groups in total. The molecule has 1 aromatic heterocycles. The van der Waals surface area contributed by atoms with Crippen LogP contribution in [0.15, 0.2) is 47.1 Å². The average molecular weight is 357 g/mol. The molecule has 0 unspecified atom stereocenters. The molecule has 7 nitrogen and oxygen atoms in total. The second-order valence-corrected chi connectivity index (χ2v) is 5.74. The molecule has 0 saturated carbocycles. The van der Waals surface area contributed by atoms with Crippen LogP contribution in [-0.2, 0) is 4.79 Å². The zero-order chi connectivity index (χ0) is 19.1. The van der Waals surface area contributed by atoms with Gasteiger partial charge in [-0.3, -0.25) is 14.4 Å². The Labute approximate surface area is 152 Å². The zero-order valence-electron chi connectivity index (χ0n) is 15.2. The minimum Gasteiger partial charge on any atom is -0.459 e. The third-order valence-corrected chi connectivity index (χ3v) is 3.90. The largest absolute Gasteiger partial charge is 0.459 e. The van der Waals surface area contributed by atoms with Crippen LogP contribution in [0.25, 0.3) is 0 Å². The van der Waals surface area contributed by atoms with E-state index in [1.807, 2.05) is 13.8 Å². The number of hydrogen-bond donors (Lipinski definition) is 1. The summed E-state index contributed by atoms with van der Waals surface area (Å²) in [4.78, 5) is 39.6. The van der Waals surface area contributed by atoms with Gasteiger partial charge in [0.1, 0.15) is 0 Å². The smallest absolute Gasteiger partial charge is 0.289 e. The number of hydrogen-bond acceptors (Lipinski definition) is 4. The van der Waals surface area contributed by atoms with Crippen LogP contribution in [0.3, 0.4) is 0 Å². The van der Waals surface area contributed by atoms with Crippen molar-refractivity contribution in [1.29, 1.82) is 0 Å². The first-order chi connectivity index (χ1) is 12.5. The van der Waals surface area contributed by atoms with Crippen LogP contribution in [0.4, 0.5) is 5.69 Å². The lowest BCUT2D eigenvalue weighted by Gasteiger charge is -2.19. The molecule has 0 aliphatic heterocycles. The fraction of sp³-hybridized carbons (Fsp3) is 0.316. The molecule has 0 aliphatic carbocycles. The normalized spacial score (nSPS) is 10.3. The quantitative estimate of drug-likeness (QED) is 0.825. The van der Waals surface area contributed by atoms with E-state index in [-0.39, 0.29) is 30.0 Å². The second kappa shape index (κ2) is 8.84. The predicted octanol–water partition coefficient (Wildman–Crippen LogP) is 2.47. The topological polar surface area (TPSA) is 82.9 Å². The monoisotopic (exact) mass is 357 g/mol. The van der Waals surface area contributed by atoms with E-state index in [1.165, 1.54) is 18.2 Å². The SMILES string of the molecule is CCN(CC)C(=O)c1cccc(NC(=O)CN(C)C(=O)c2ccco2)c1. The van der Waals surface area contributed by atoms with Crippen molar-refractivity contribution in [3.05, 3.63) is 54.0 Å². The summed E-state index contributed by atoms with van der Waals surface area (Å²) in [5, 5.41) is 2.71. The molecule has 0 atom stereocenters. The zero-order valence-corrected chi connectivity index (χ0v) is 15.2. The summed E-state index contributed by atoms with van der Waals surface area (Å²) in [6.07, 6.45) is 1.40. The first-order valence-corrected chi connectivity index (χ1v) is 8.44. The van der Waals surface area contributed by atoms with Gasteiger partial charge in [-0.1, -0.05) is 6.07 Å². The summed E-state index contributed by atoms with van der Waals surface area (Å²) in [5.74, 6) is -0.654. The van der Waals surface area contributed by atoms with Crippen molar-refractivity contribution in [3.8, 4) is 0 Å². The maximum Gasteiger partial charge on any atom is 0.289 e. The van der Waals surface area contributed by atoms with Crippen LogP contribution in [-0.4, -0.2) is 54.2 Å². The highest BCUT2D eigenvalue weighted by molar-refractivity contribution is 5.99. The highest BCUT2D eigenvalue weighted by Gasteiger charge is 2.18. The van der Waals surface area contributed by atoms with Crippen molar-refractivity contribution in [2.75, 3.05) is 32.0 Å². The van der Waals surface area contributed by atoms with Crippen molar-refractivity contribution in [3.63, 3.8) is 0 Å². The number of benzene rings is 1. The molecule has 2 rings (SSSR count). The molecule has 0 aliphatic rings. The molecule has 1 heterocycles. The van der Waals surface area contributed by atoms with Crippen molar-refractivity contribution in [1.82, 2.24) is 9.80 Å². The van der Waals surface area contributed by atoms with Crippen LogP contribution < -0.4 is 5.32 Å². The van der Waals surface area contributed by atoms with Gasteiger partial charge in [0.2, 0.25) is 5.91 Å². The molecule has 0 fully saturated rings. The summed E-state index contributed by atoms with van der Waals surface area (Å²) in [6, 6.07) is 9.91. The number of amides is 3. The van der Waals surface area contributed by atoms with Crippen LogP contribution in [0.2, 0.25) is 0 Å². The Morgan fingerprint density at radius 1 is 1.04 bits per heavy atom. The van der Waals surface area contributed by atoms with Crippen molar-refractivity contribution in [2.24, 2.45) is 0 Å². The Balaban J connectivity index is 2.00. The minimum absolute atomic E-state index is 0.0868. The first kappa shape index (κ1) is 19.2. The Kier molecular flexibility index (Phi) is 6.54. The van der Waals surface area contributed by atoms with Crippen LogP contribution in [0, 0.1) is 0 Å². The van der Waals surface area contributed by atoms with Gasteiger partial charge in [-0.25, -0.2) is 0 Å². The number of likely N-dealkylation sites (N-methyl/N-ethyl adjacent to an activating group) is 1. The average Bonchev–Trinajstić information content (AvgIpc) is 3.16. The van der Waals surface area contributed by atoms with E-state index in [0.29, 0.717) is 24.3 Å². The lowest BCUT2D eigenvalue weighted by atomic mass is 10.1. The highest BCUT2D eigenvalue weighted by Crippen LogP contribution is 2.13. The van der Waals surface area contributed by atoms with E-state index in [1.54, 1.807) is 41.3 Å². The lowest BCUT2D eigenvalue weighted by molar-refractivity contribution is -0.116. The second-order valence-electron chi connectivity index (χ2n) is 5.74. The Morgan fingerprint density at radius 3 is 2.38 bits per heavy atom. The summed E-state index contributed by atoms with van der Waals surface area (Å²) >= 11 is 0. The Morgan fingerprint density at radius 2 is 1.77 bits per heavy atom. The molecule has 7 heteroatoms. The number of nitrogens with one attached hydrogen (secondary N) is 1. The van der Waals surface area contributed by atoms with E-state index < -0.39 is 0 Å². The molecule has 0 bridgehead atoms. The van der Waals surface area contributed by atoms with E-state index in [2.05, 4.69) is 5.32 Å². The molecule has 2 aromatic rings. The number of furan rings is 1. The first-order valence-electron chi connectivity index (χ1n) is 8.44. The molecule has 0 saturated heterocycles. The van der Waals surface area contributed by atoms with Gasteiger partial charge in [-0.15, -0.1) is 0 Å². The van der Waals surface area contributed by atoms with Gasteiger partial charge in [0.15, 0.2) is 5.76 Å². The fourth-order valence-electron chi connectivity index (χ4n) is 2.50. The summed E-state index contributed by atoms with van der Waals surface area (Å²) in [6.45, 7) is 4.93. The number of nitrogens with zero attached hydrogens (tertiary/aromatic N) is 2. The summed E-state index contributed by atoms with van der Waals surface area (Å²) in [7, 11) is 1.52. The van der Waals surface area contributed by atoms with Gasteiger partial charge in [0, 0.05) is 31.4 Å². The van der Waals surface area contributed by atoms with Crippen LogP contribution >= 0.6 is 0 Å². The van der Waals surface area contributed by atoms with E-state index >= 15 is 0 Å². The number of carbonyl (C=O) groups excluding carboxylic acids is 3. The highest BCUT2D eigenvalue weighted by atomic mass is 16.3. The van der Waals surface area contributed by atoms with Crippen molar-refractivity contribution in [2.45, 2.75) is 13.8 Å². The molecule has 0 spiro atoms. The predicted molar refractivity (Wildman–Crippen MR) is 98.0 cm³/mol. The lowest BCUT2D eigenvalue weighted by Crippen LogP contribution is -2.34. The number of anilines is 1. The summed E-state index contributed by atoms with van der Waals surface area (Å²) in [5.41, 5.74) is 1.01. The van der Waals surface area contributed by atoms with Crippen molar-refractivity contribution >= 4 is 23.4 Å². The van der Waals surface area contributed by atoms with Gasteiger partial charge in [-0.2, -0.15) is 0 Å². The van der Waals surface area contributed by atoms with Gasteiger partial charge < -0.3 is 19.5 Å². The third-order valence-electron chi connectivity index (χ3n) is 3.90. The van der Waals surface area contributed by atoms with Gasteiger partial charge in [-0.05, 0) is 44.2 Å². The van der Waals surface area contributed by atoms with Gasteiger partial charge >= 0.3 is 0 Å². The van der Waals surface area contributed by atoms with Crippen LogP contribution in [0.5, 0.6) is 0 Å². The maximum atomic E-state index is 12.4. The number of carbonyl (C=O) groups is 3. The molecule has 0 radical (unpaired) electrons. The van der Waals surface area contributed by atoms with Crippen LogP contribution in [0.1, 0.15) is 34.8 Å². The molecule has 1 aromatic carbocycles. The molecule has 26 heavy (non-hydrogen) atoms.